The SMILES string of the molecule is CCC(OC(C)=O)C(=O)O.CCC(OC(C)=O)C(=O)O.CCC(OC(C)=O)C(=O)O.CCC(OC(C)=O)C(=O)O.CCC(OC(C)=O)C(=O)[O-].C[N+](C)(C)CCO.C[N+](C)(C)CCO.C[N+](C)(C)CCO.C[N+](C)(C)CCO.C[N+](C)(C)CCO.O=C([O-])CC(O)(CC(=O)[O-])C(=O)[O-].O=C([O-])CCC(=O)O. The number of aliphatic carboxylic acids is 10. The minimum Gasteiger partial charge on any atom is -0.550 e. The van der Waals surface area contributed by atoms with Crippen molar-refractivity contribution in [3.8, 4) is 0 Å². The number of rotatable bonds is 33. The van der Waals surface area contributed by atoms with Crippen molar-refractivity contribution in [2.75, 3.05) is 171 Å². The molecule has 0 radical (unpaired) electrons. The lowest BCUT2D eigenvalue weighted by atomic mass is 9.96. The Morgan fingerprint density at radius 2 is 0.481 bits per heavy atom. The summed E-state index contributed by atoms with van der Waals surface area (Å²) in [4.78, 5) is 151. The van der Waals surface area contributed by atoms with E-state index in [4.69, 9.17) is 56.2 Å². The number of quaternary nitrogens is 5. The molecule has 0 rings (SSSR count). The number of esters is 5. The maximum Gasteiger partial charge on any atom is 0.345 e. The van der Waals surface area contributed by atoms with E-state index in [2.05, 4.69) is 129 Å². The zero-order valence-electron chi connectivity index (χ0n) is 66.7. The van der Waals surface area contributed by atoms with Crippen LogP contribution in [0.4, 0.5) is 0 Å². The van der Waals surface area contributed by atoms with E-state index in [0.717, 1.165) is 62.1 Å². The Morgan fingerprint density at radius 1 is 0.311 bits per heavy atom. The summed E-state index contributed by atoms with van der Waals surface area (Å²) in [6.07, 6.45) is -7.10. The molecule has 0 amide bonds. The molecule has 630 valence electrons. The number of carboxylic acid groups (broad SMARTS) is 10. The first-order chi connectivity index (χ1) is 47.6. The Kier molecular flexibility index (Phi) is 83.1. The van der Waals surface area contributed by atoms with Crippen molar-refractivity contribution in [2.24, 2.45) is 0 Å². The lowest BCUT2D eigenvalue weighted by Gasteiger charge is -2.29. The van der Waals surface area contributed by atoms with E-state index in [1.807, 2.05) is 0 Å². The second-order valence-corrected chi connectivity index (χ2v) is 26.6. The van der Waals surface area contributed by atoms with Gasteiger partial charge in [-0.2, -0.15) is 0 Å². The van der Waals surface area contributed by atoms with Crippen molar-refractivity contribution in [1.82, 2.24) is 0 Å². The monoisotopic (exact) mass is 1560 g/mol. The molecule has 0 saturated carbocycles. The smallest absolute Gasteiger partial charge is 0.345 e. The van der Waals surface area contributed by atoms with Crippen LogP contribution in [-0.4, -0.2) is 376 Å². The van der Waals surface area contributed by atoms with Crippen LogP contribution in [0.3, 0.4) is 0 Å². The molecular formula is C65H129N5O36. The largest absolute Gasteiger partial charge is 0.550 e. The van der Waals surface area contributed by atoms with Crippen LogP contribution in [0, 0.1) is 0 Å². The van der Waals surface area contributed by atoms with Crippen molar-refractivity contribution in [3.63, 3.8) is 0 Å². The van der Waals surface area contributed by atoms with Crippen molar-refractivity contribution in [1.29, 1.82) is 0 Å². The molecule has 0 heterocycles. The average Bonchev–Trinajstić information content (AvgIpc) is 0.858. The van der Waals surface area contributed by atoms with Crippen LogP contribution < -0.4 is 25.5 Å². The number of ether oxygens (including phenoxy) is 5. The van der Waals surface area contributed by atoms with Gasteiger partial charge in [0.2, 0.25) is 0 Å². The highest BCUT2D eigenvalue weighted by Crippen LogP contribution is 2.13. The van der Waals surface area contributed by atoms with E-state index in [9.17, 15) is 97.5 Å². The van der Waals surface area contributed by atoms with Gasteiger partial charge in [-0.25, -0.2) is 19.2 Å². The number of nitrogens with zero attached hydrogens (tertiary/aromatic N) is 5. The number of hydrogen-bond donors (Lipinski definition) is 11. The molecule has 11 N–H and O–H groups in total. The minimum atomic E-state index is -2.97. The van der Waals surface area contributed by atoms with Crippen molar-refractivity contribution >= 4 is 89.5 Å². The Balaban J connectivity index is -0.0000000914. The third-order valence-electron chi connectivity index (χ3n) is 10.4. The molecule has 5 atom stereocenters. The second-order valence-electron chi connectivity index (χ2n) is 26.6. The van der Waals surface area contributed by atoms with E-state index in [1.54, 1.807) is 34.6 Å². The molecule has 0 aliphatic heterocycles. The highest BCUT2D eigenvalue weighted by atomic mass is 16.6. The topological polar surface area (TPSA) is 640 Å². The number of carboxylic acids is 10. The zero-order chi connectivity index (χ0) is 87.5. The van der Waals surface area contributed by atoms with Crippen LogP contribution in [0.25, 0.3) is 0 Å². The molecule has 0 aromatic heterocycles. The van der Waals surface area contributed by atoms with E-state index >= 15 is 0 Å². The van der Waals surface area contributed by atoms with Gasteiger partial charge in [0.1, 0.15) is 44.4 Å². The Bertz CT molecular complexity index is 2130. The maximum atomic E-state index is 10.2. The van der Waals surface area contributed by atoms with Gasteiger partial charge in [0.15, 0.2) is 24.4 Å². The van der Waals surface area contributed by atoms with Gasteiger partial charge in [0, 0.05) is 65.4 Å². The fraction of sp³-hybridized carbons (Fsp3) is 0.769. The van der Waals surface area contributed by atoms with Gasteiger partial charge in [-0.05, 0) is 38.5 Å². The van der Waals surface area contributed by atoms with Crippen molar-refractivity contribution in [2.45, 2.75) is 163 Å². The molecule has 0 aromatic carbocycles. The number of carbonyl (C=O) groups is 15. The molecule has 41 nitrogen and oxygen atoms in total. The number of likely N-dealkylation sites (N-methyl/N-ethyl adjacent to an activating group) is 5. The van der Waals surface area contributed by atoms with Gasteiger partial charge < -0.3 is 152 Å². The lowest BCUT2D eigenvalue weighted by molar-refractivity contribution is -0.870. The van der Waals surface area contributed by atoms with E-state index in [1.165, 1.54) is 27.7 Å². The van der Waals surface area contributed by atoms with Crippen molar-refractivity contribution in [3.05, 3.63) is 0 Å². The number of aliphatic hydroxyl groups excluding tert-OH is 5. The highest BCUT2D eigenvalue weighted by Gasteiger charge is 2.29. The number of hydrogen-bond acceptors (Lipinski definition) is 31. The van der Waals surface area contributed by atoms with Gasteiger partial charge in [0.25, 0.3) is 0 Å². The Labute approximate surface area is 622 Å². The van der Waals surface area contributed by atoms with Gasteiger partial charge in [-0.15, -0.1) is 0 Å². The molecule has 0 spiro atoms. The van der Waals surface area contributed by atoms with E-state index in [-0.39, 0.29) is 45.9 Å². The standard InChI is InChI=1S/C6H8O7.5C6H10O4.5C5H14NO.C4H6O4/c7-3(8)1-6(13,5(11)12)2-4(9)10;5*1-3-5(6(8)9)10-4(2)7;5*1-6(2,3)4-5-7;5-3(6)1-2-4(7)8/h13H,1-2H2,(H,7,8)(H,9,10)(H,11,12);5*5H,3H2,1-2H3,(H,8,9);5*7H,4-5H2,1-3H3;1-2H2,(H,5,6)(H,7,8)/q;;;;;;5*+1;/p-5. The summed E-state index contributed by atoms with van der Waals surface area (Å²) >= 11 is 0. The van der Waals surface area contributed by atoms with Crippen LogP contribution >= 0.6 is 0 Å². The maximum absolute atomic E-state index is 10.2. The van der Waals surface area contributed by atoms with Crippen LogP contribution in [0.5, 0.6) is 0 Å². The van der Waals surface area contributed by atoms with Crippen molar-refractivity contribution < 1.29 is 200 Å². The normalized spacial score (nSPS) is 11.7. The second kappa shape index (κ2) is 70.9. The van der Waals surface area contributed by atoms with Gasteiger partial charge in [-0.1, -0.05) is 34.6 Å². The fourth-order valence-corrected chi connectivity index (χ4v) is 4.93. The predicted molar refractivity (Wildman–Crippen MR) is 366 cm³/mol. The molecule has 0 aliphatic carbocycles. The molecule has 106 heavy (non-hydrogen) atoms. The number of carbonyl (C=O) groups excluding carboxylic acids is 10. The van der Waals surface area contributed by atoms with E-state index in [0.29, 0.717) is 25.7 Å². The van der Waals surface area contributed by atoms with E-state index < -0.39 is 145 Å². The number of aliphatic hydroxyl groups is 6. The Morgan fingerprint density at radius 3 is 0.528 bits per heavy atom. The Hall–Kier alpha value is -8.39. The molecule has 5 unspecified atom stereocenters. The predicted octanol–water partition coefficient (Wildman–Crippen LogP) is -7.50. The molecule has 0 aliphatic rings. The molecule has 0 fully saturated rings. The quantitative estimate of drug-likeness (QED) is 0.0165. The van der Waals surface area contributed by atoms with Gasteiger partial charge >= 0.3 is 59.7 Å². The van der Waals surface area contributed by atoms with Crippen LogP contribution in [0.15, 0.2) is 0 Å². The summed E-state index contributed by atoms with van der Waals surface area (Å²) in [6.45, 7) is 19.6. The summed E-state index contributed by atoms with van der Waals surface area (Å²) < 4.78 is 26.3. The van der Waals surface area contributed by atoms with Crippen LogP contribution in [0.1, 0.15) is 127 Å². The molecular weight excluding hydrogens is 1430 g/mol. The zero-order valence-corrected chi connectivity index (χ0v) is 66.7. The van der Waals surface area contributed by atoms with Crippen LogP contribution in [0.2, 0.25) is 0 Å². The van der Waals surface area contributed by atoms with Gasteiger partial charge in [-0.3, -0.25) is 28.8 Å². The lowest BCUT2D eigenvalue weighted by Crippen LogP contribution is -2.54. The summed E-state index contributed by atoms with van der Waals surface area (Å²) in [6, 6.07) is 0. The fourth-order valence-electron chi connectivity index (χ4n) is 4.93. The first kappa shape index (κ1) is 124. The molecule has 0 saturated heterocycles. The molecule has 41 heteroatoms. The minimum absolute atomic E-state index is 0.238. The summed E-state index contributed by atoms with van der Waals surface area (Å²) in [7, 11) is 30.8. The highest BCUT2D eigenvalue weighted by molar-refractivity contribution is 5.86. The summed E-state index contributed by atoms with van der Waals surface area (Å²) in [5.41, 5.74) is -2.97. The molecule has 0 aromatic rings. The summed E-state index contributed by atoms with van der Waals surface area (Å²) in [5, 5.41) is 142. The third kappa shape index (κ3) is 125. The summed E-state index contributed by atoms with van der Waals surface area (Å²) in [5.74, 6) is -17.0. The van der Waals surface area contributed by atoms with Crippen LogP contribution in [-0.2, 0) is 95.6 Å². The molecule has 0 bridgehead atoms. The average molecular weight is 1560 g/mol. The first-order valence-corrected chi connectivity index (χ1v) is 32.4. The van der Waals surface area contributed by atoms with Gasteiger partial charge in [0.05, 0.1) is 157 Å². The first-order valence-electron chi connectivity index (χ1n) is 32.4. The third-order valence-corrected chi connectivity index (χ3v) is 10.4.